The molecule has 2 rings (SSSR count). The van der Waals surface area contributed by atoms with E-state index in [9.17, 15) is 0 Å². The lowest BCUT2D eigenvalue weighted by atomic mass is 10.3. The summed E-state index contributed by atoms with van der Waals surface area (Å²) in [4.78, 5) is 1.33. The zero-order valence-electron chi connectivity index (χ0n) is 7.00. The molecule has 0 saturated carbocycles. The second-order valence-electron chi connectivity index (χ2n) is 2.65. The molecule has 0 radical (unpaired) electrons. The summed E-state index contributed by atoms with van der Waals surface area (Å²) in [5.41, 5.74) is 5.76. The lowest BCUT2D eigenvalue weighted by Gasteiger charge is -2.00. The molecule has 1 aromatic heterocycles. The van der Waals surface area contributed by atoms with E-state index in [2.05, 4.69) is 41.0 Å². The van der Waals surface area contributed by atoms with Crippen molar-refractivity contribution in [2.24, 2.45) is 0 Å². The summed E-state index contributed by atoms with van der Waals surface area (Å²) in [6.45, 7) is 0. The second-order valence-corrected chi connectivity index (χ2v) is 5.66. The third-order valence-corrected chi connectivity index (χ3v) is 5.46. The molecule has 2 aromatic rings. The average molecular weight is 321 g/mol. The molecule has 4 heteroatoms. The van der Waals surface area contributed by atoms with Crippen molar-refractivity contribution in [1.82, 2.24) is 0 Å². The van der Waals surface area contributed by atoms with E-state index in [0.29, 0.717) is 0 Å². The van der Waals surface area contributed by atoms with Crippen molar-refractivity contribution in [3.63, 3.8) is 0 Å². The molecule has 68 valence electrons. The van der Waals surface area contributed by atoms with Gasteiger partial charge in [0, 0.05) is 8.47 Å². The highest BCUT2D eigenvalue weighted by molar-refractivity contribution is 14.1. The Morgan fingerprint density at radius 1 is 1.46 bits per heavy atom. The van der Waals surface area contributed by atoms with Gasteiger partial charge in [0.15, 0.2) is 0 Å². The van der Waals surface area contributed by atoms with Crippen LogP contribution in [0.25, 0.3) is 10.1 Å². The van der Waals surface area contributed by atoms with E-state index in [0.717, 1.165) is 5.00 Å². The first-order valence-electron chi connectivity index (χ1n) is 3.74. The highest BCUT2D eigenvalue weighted by Crippen LogP contribution is 2.35. The summed E-state index contributed by atoms with van der Waals surface area (Å²) in [7, 11) is 0. The molecular weight excluding hydrogens is 313 g/mol. The van der Waals surface area contributed by atoms with Gasteiger partial charge in [-0.25, -0.2) is 0 Å². The lowest BCUT2D eigenvalue weighted by Crippen LogP contribution is -1.76. The number of benzene rings is 1. The molecule has 0 amide bonds. The van der Waals surface area contributed by atoms with Crippen LogP contribution in [0.5, 0.6) is 0 Å². The van der Waals surface area contributed by atoms with Crippen LogP contribution in [0.4, 0.5) is 5.00 Å². The molecule has 0 saturated heterocycles. The van der Waals surface area contributed by atoms with Gasteiger partial charge >= 0.3 is 0 Å². The standard InChI is InChI=1S/C9H8INS2/c1-12-6-3-2-5-4-7(11)13-9(5)8(6)10/h2-4H,11H2,1H3. The van der Waals surface area contributed by atoms with Crippen molar-refractivity contribution in [2.75, 3.05) is 12.0 Å². The van der Waals surface area contributed by atoms with E-state index in [4.69, 9.17) is 5.73 Å². The number of hydrogen-bond donors (Lipinski definition) is 1. The van der Waals surface area contributed by atoms with Crippen LogP contribution in [0.2, 0.25) is 0 Å². The van der Waals surface area contributed by atoms with Crippen LogP contribution < -0.4 is 5.73 Å². The first kappa shape index (κ1) is 9.61. The summed E-state index contributed by atoms with van der Waals surface area (Å²) < 4.78 is 2.63. The Bertz CT molecular complexity index is 450. The molecule has 13 heavy (non-hydrogen) atoms. The van der Waals surface area contributed by atoms with Gasteiger partial charge in [-0.05, 0) is 46.4 Å². The number of thiophene rings is 1. The number of nitrogens with two attached hydrogens (primary N) is 1. The van der Waals surface area contributed by atoms with Gasteiger partial charge in [-0.2, -0.15) is 0 Å². The van der Waals surface area contributed by atoms with Crippen LogP contribution >= 0.6 is 45.7 Å². The third-order valence-electron chi connectivity index (χ3n) is 1.83. The topological polar surface area (TPSA) is 26.0 Å². The molecule has 0 aliphatic rings. The van der Waals surface area contributed by atoms with Gasteiger partial charge in [0.2, 0.25) is 0 Å². The van der Waals surface area contributed by atoms with Crippen LogP contribution in [-0.2, 0) is 0 Å². The van der Waals surface area contributed by atoms with Gasteiger partial charge in [-0.1, -0.05) is 6.07 Å². The number of anilines is 1. The van der Waals surface area contributed by atoms with Crippen molar-refractivity contribution >= 4 is 60.8 Å². The molecule has 1 aromatic carbocycles. The molecule has 0 unspecified atom stereocenters. The molecule has 2 N–H and O–H groups in total. The molecule has 1 heterocycles. The van der Waals surface area contributed by atoms with Gasteiger partial charge in [-0.15, -0.1) is 23.1 Å². The van der Waals surface area contributed by atoms with E-state index in [1.807, 2.05) is 6.07 Å². The first-order chi connectivity index (χ1) is 6.22. The number of rotatable bonds is 1. The van der Waals surface area contributed by atoms with Crippen molar-refractivity contribution < 1.29 is 0 Å². The maximum atomic E-state index is 5.76. The zero-order valence-corrected chi connectivity index (χ0v) is 10.8. The maximum Gasteiger partial charge on any atom is 0.0869 e. The number of fused-ring (bicyclic) bond motifs is 1. The Morgan fingerprint density at radius 3 is 2.92 bits per heavy atom. The molecule has 0 spiro atoms. The minimum absolute atomic E-state index is 0.895. The summed E-state index contributed by atoms with van der Waals surface area (Å²) in [6, 6.07) is 6.32. The Balaban J connectivity index is 2.78. The van der Waals surface area contributed by atoms with Crippen LogP contribution in [0.1, 0.15) is 0 Å². The van der Waals surface area contributed by atoms with Crippen molar-refractivity contribution in [2.45, 2.75) is 4.90 Å². The summed E-state index contributed by atoms with van der Waals surface area (Å²) in [5.74, 6) is 0. The first-order valence-corrected chi connectivity index (χ1v) is 6.86. The van der Waals surface area contributed by atoms with E-state index in [1.54, 1.807) is 23.1 Å². The molecule has 0 bridgehead atoms. The largest absolute Gasteiger partial charge is 0.391 e. The highest BCUT2D eigenvalue weighted by Gasteiger charge is 2.06. The normalized spacial score (nSPS) is 10.9. The monoisotopic (exact) mass is 321 g/mol. The number of nitrogen functional groups attached to an aromatic ring is 1. The highest BCUT2D eigenvalue weighted by atomic mass is 127. The van der Waals surface area contributed by atoms with Gasteiger partial charge in [0.1, 0.15) is 0 Å². The number of halogens is 1. The SMILES string of the molecule is CSc1ccc2cc(N)sc2c1I. The van der Waals surface area contributed by atoms with E-state index in [1.165, 1.54) is 18.6 Å². The Labute approximate surface area is 98.8 Å². The average Bonchev–Trinajstić information content (AvgIpc) is 2.47. The maximum absolute atomic E-state index is 5.76. The molecule has 1 nitrogen and oxygen atoms in total. The summed E-state index contributed by atoms with van der Waals surface area (Å²) in [5, 5.41) is 2.15. The fraction of sp³-hybridized carbons (Fsp3) is 0.111. The van der Waals surface area contributed by atoms with Crippen molar-refractivity contribution in [3.8, 4) is 0 Å². The van der Waals surface area contributed by atoms with Crippen LogP contribution in [-0.4, -0.2) is 6.26 Å². The third kappa shape index (κ3) is 1.67. The fourth-order valence-corrected chi connectivity index (χ4v) is 4.13. The van der Waals surface area contributed by atoms with Gasteiger partial charge in [0.05, 0.1) is 9.70 Å². The van der Waals surface area contributed by atoms with Crippen LogP contribution in [0.3, 0.4) is 0 Å². The van der Waals surface area contributed by atoms with Crippen molar-refractivity contribution in [3.05, 3.63) is 21.8 Å². The minimum Gasteiger partial charge on any atom is -0.391 e. The smallest absolute Gasteiger partial charge is 0.0869 e. The minimum atomic E-state index is 0.895. The quantitative estimate of drug-likeness (QED) is 0.638. The van der Waals surface area contributed by atoms with Crippen LogP contribution in [0.15, 0.2) is 23.1 Å². The predicted octanol–water partition coefficient (Wildman–Crippen LogP) is 3.81. The zero-order chi connectivity index (χ0) is 9.42. The lowest BCUT2D eigenvalue weighted by molar-refractivity contribution is 1.47. The van der Waals surface area contributed by atoms with Gasteiger partial charge < -0.3 is 5.73 Å². The van der Waals surface area contributed by atoms with Crippen molar-refractivity contribution in [1.29, 1.82) is 0 Å². The van der Waals surface area contributed by atoms with Crippen LogP contribution in [0, 0.1) is 3.57 Å². The summed E-state index contributed by atoms with van der Waals surface area (Å²) in [6.07, 6.45) is 2.10. The van der Waals surface area contributed by atoms with E-state index in [-0.39, 0.29) is 0 Å². The Morgan fingerprint density at radius 2 is 2.23 bits per heavy atom. The molecular formula is C9H8INS2. The molecule has 0 aliphatic carbocycles. The predicted molar refractivity (Wildman–Crippen MR) is 70.7 cm³/mol. The van der Waals surface area contributed by atoms with E-state index < -0.39 is 0 Å². The number of thioether (sulfide) groups is 1. The summed E-state index contributed by atoms with van der Waals surface area (Å²) >= 11 is 5.83. The molecule has 0 fully saturated rings. The molecule has 0 aliphatic heterocycles. The van der Waals surface area contributed by atoms with Gasteiger partial charge in [0.25, 0.3) is 0 Å². The Hall–Kier alpha value is 0.0600. The van der Waals surface area contributed by atoms with E-state index >= 15 is 0 Å². The molecule has 0 atom stereocenters. The second kappa shape index (κ2) is 3.67. The Kier molecular flexibility index (Phi) is 2.71. The number of hydrogen-bond acceptors (Lipinski definition) is 3. The fourth-order valence-electron chi connectivity index (χ4n) is 1.23. The van der Waals surface area contributed by atoms with Gasteiger partial charge in [-0.3, -0.25) is 0 Å².